The van der Waals surface area contributed by atoms with Crippen molar-refractivity contribution < 1.29 is 0 Å². The van der Waals surface area contributed by atoms with E-state index in [0.29, 0.717) is 24.1 Å². The van der Waals surface area contributed by atoms with Crippen molar-refractivity contribution in [2.45, 2.75) is 60.4 Å². The Morgan fingerprint density at radius 2 is 2.00 bits per heavy atom. The highest BCUT2D eigenvalue weighted by atomic mass is 32.1. The van der Waals surface area contributed by atoms with E-state index in [0.717, 1.165) is 36.1 Å². The molecule has 0 atom stereocenters. The monoisotopic (exact) mass is 431 g/mol. The number of anilines is 3. The maximum Gasteiger partial charge on any atom is 0.330 e. The molecule has 0 spiro atoms. The fourth-order valence-electron chi connectivity index (χ4n) is 3.13. The summed E-state index contributed by atoms with van der Waals surface area (Å²) in [5, 5.41) is 3.64. The van der Waals surface area contributed by atoms with Crippen molar-refractivity contribution in [3.8, 4) is 0 Å². The molecule has 0 aliphatic carbocycles. The van der Waals surface area contributed by atoms with Crippen LogP contribution in [0.25, 0.3) is 0 Å². The number of unbranched alkanes of at least 4 members (excludes halogenated alkanes) is 1. The first kappa shape index (κ1) is 23.7. The molecule has 0 saturated carbocycles. The number of H-pyrrole nitrogens is 1. The van der Waals surface area contributed by atoms with Crippen molar-refractivity contribution in [1.29, 1.82) is 0 Å². The van der Waals surface area contributed by atoms with Crippen LogP contribution in [0.4, 0.5) is 17.2 Å². The van der Waals surface area contributed by atoms with Gasteiger partial charge in [-0.2, -0.15) is 0 Å². The molecule has 0 bridgehead atoms. The van der Waals surface area contributed by atoms with Crippen LogP contribution in [0.2, 0.25) is 0 Å². The highest BCUT2D eigenvalue weighted by Crippen LogP contribution is 2.22. The Hall–Kier alpha value is -2.61. The first-order valence-corrected chi connectivity index (χ1v) is 10.8. The van der Waals surface area contributed by atoms with Crippen LogP contribution in [0.1, 0.15) is 51.2 Å². The van der Waals surface area contributed by atoms with Crippen molar-refractivity contribution in [1.82, 2.24) is 9.55 Å². The second-order valence-corrected chi connectivity index (χ2v) is 8.47. The van der Waals surface area contributed by atoms with Gasteiger partial charge < -0.3 is 16.0 Å². The molecular formula is C22H33N5O2S. The van der Waals surface area contributed by atoms with E-state index in [1.54, 1.807) is 4.90 Å². The third kappa shape index (κ3) is 5.72. The van der Waals surface area contributed by atoms with Crippen LogP contribution in [0.5, 0.6) is 0 Å². The topological polar surface area (TPSA) is 96.2 Å². The lowest BCUT2D eigenvalue weighted by Gasteiger charge is -2.28. The van der Waals surface area contributed by atoms with Crippen LogP contribution in [0, 0.1) is 19.8 Å². The van der Waals surface area contributed by atoms with Gasteiger partial charge in [0, 0.05) is 18.8 Å². The average molecular weight is 432 g/mol. The predicted molar refractivity (Wildman–Crippen MR) is 130 cm³/mol. The second-order valence-electron chi connectivity index (χ2n) is 8.08. The molecule has 7 nitrogen and oxygen atoms in total. The first-order chi connectivity index (χ1) is 14.1. The molecule has 8 heteroatoms. The maximum atomic E-state index is 12.8. The number of nitrogens with zero attached hydrogens (tertiary/aromatic N) is 2. The molecule has 1 aromatic heterocycles. The largest absolute Gasteiger partial charge is 0.383 e. The standard InChI is InChI=1S/C22H33N5O2S/c1-6-7-11-27-19(23)18(20(28)25-21(27)29)26(12-10-14(2)3)22(30)24-17-13-15(4)8-9-16(17)5/h8-9,13-14H,6-7,10-12,23H2,1-5H3,(H,24,30)(H,25,28,29). The Balaban J connectivity index is 2.51. The van der Waals surface area contributed by atoms with Crippen molar-refractivity contribution in [3.05, 3.63) is 50.2 Å². The Labute approximate surface area is 183 Å². The number of nitrogen functional groups attached to an aromatic ring is 1. The molecule has 2 aromatic rings. The lowest BCUT2D eigenvalue weighted by molar-refractivity contribution is 0.587. The molecule has 1 aromatic carbocycles. The number of hydrogen-bond donors (Lipinski definition) is 3. The number of thiocarbonyl (C=S) groups is 1. The van der Waals surface area contributed by atoms with Gasteiger partial charge in [-0.3, -0.25) is 14.3 Å². The van der Waals surface area contributed by atoms with Gasteiger partial charge >= 0.3 is 5.69 Å². The van der Waals surface area contributed by atoms with Crippen LogP contribution in [-0.4, -0.2) is 21.2 Å². The number of aromatic nitrogens is 2. The molecule has 164 valence electrons. The van der Waals surface area contributed by atoms with Crippen LogP contribution in [-0.2, 0) is 6.54 Å². The molecule has 4 N–H and O–H groups in total. The van der Waals surface area contributed by atoms with Crippen molar-refractivity contribution >= 4 is 34.5 Å². The van der Waals surface area contributed by atoms with E-state index < -0.39 is 11.2 Å². The van der Waals surface area contributed by atoms with Gasteiger partial charge in [0.05, 0.1) is 0 Å². The zero-order chi connectivity index (χ0) is 22.4. The third-order valence-corrected chi connectivity index (χ3v) is 5.35. The van der Waals surface area contributed by atoms with Crippen LogP contribution < -0.4 is 27.2 Å². The van der Waals surface area contributed by atoms with Crippen LogP contribution in [0.3, 0.4) is 0 Å². The molecule has 30 heavy (non-hydrogen) atoms. The van der Waals surface area contributed by atoms with E-state index in [4.69, 9.17) is 18.0 Å². The average Bonchev–Trinajstić information content (AvgIpc) is 2.66. The predicted octanol–water partition coefficient (Wildman–Crippen LogP) is 3.79. The number of hydrogen-bond acceptors (Lipinski definition) is 4. The van der Waals surface area contributed by atoms with Gasteiger partial charge in [-0.25, -0.2) is 4.79 Å². The summed E-state index contributed by atoms with van der Waals surface area (Å²) in [6.07, 6.45) is 2.50. The third-order valence-electron chi connectivity index (χ3n) is 5.03. The van der Waals surface area contributed by atoms with Gasteiger partial charge in [-0.05, 0) is 62.0 Å². The quantitative estimate of drug-likeness (QED) is 0.551. The second kappa shape index (κ2) is 10.4. The minimum Gasteiger partial charge on any atom is -0.383 e. The van der Waals surface area contributed by atoms with Gasteiger partial charge in [0.25, 0.3) is 5.56 Å². The van der Waals surface area contributed by atoms with E-state index in [9.17, 15) is 9.59 Å². The fraction of sp³-hybridized carbons (Fsp3) is 0.500. The molecular weight excluding hydrogens is 398 g/mol. The normalized spacial score (nSPS) is 11.0. The Morgan fingerprint density at radius 1 is 1.30 bits per heavy atom. The summed E-state index contributed by atoms with van der Waals surface area (Å²) < 4.78 is 1.42. The molecule has 1 heterocycles. The van der Waals surface area contributed by atoms with Gasteiger partial charge in [-0.1, -0.05) is 39.3 Å². The molecule has 0 unspecified atom stereocenters. The summed E-state index contributed by atoms with van der Waals surface area (Å²) in [4.78, 5) is 29.2. The van der Waals surface area contributed by atoms with Gasteiger partial charge in [-0.15, -0.1) is 0 Å². The highest BCUT2D eigenvalue weighted by molar-refractivity contribution is 7.80. The smallest absolute Gasteiger partial charge is 0.330 e. The minimum absolute atomic E-state index is 0.145. The number of nitrogens with one attached hydrogen (secondary N) is 2. The summed E-state index contributed by atoms with van der Waals surface area (Å²) in [6.45, 7) is 11.2. The summed E-state index contributed by atoms with van der Waals surface area (Å²) in [7, 11) is 0. The Bertz CT molecular complexity index is 1010. The summed E-state index contributed by atoms with van der Waals surface area (Å²) in [6, 6.07) is 6.06. The van der Waals surface area contributed by atoms with Gasteiger partial charge in [0.2, 0.25) is 0 Å². The van der Waals surface area contributed by atoms with Crippen LogP contribution >= 0.6 is 12.2 Å². The minimum atomic E-state index is -0.529. The van der Waals surface area contributed by atoms with E-state index in [-0.39, 0.29) is 11.5 Å². The number of aromatic amines is 1. The highest BCUT2D eigenvalue weighted by Gasteiger charge is 2.22. The van der Waals surface area contributed by atoms with E-state index in [1.165, 1.54) is 4.57 Å². The van der Waals surface area contributed by atoms with E-state index >= 15 is 0 Å². The maximum absolute atomic E-state index is 12.8. The van der Waals surface area contributed by atoms with Crippen molar-refractivity contribution in [3.63, 3.8) is 0 Å². The number of benzene rings is 1. The molecule has 0 fully saturated rings. The Kier molecular flexibility index (Phi) is 8.23. The molecule has 0 saturated heterocycles. The zero-order valence-electron chi connectivity index (χ0n) is 18.5. The molecule has 2 rings (SSSR count). The van der Waals surface area contributed by atoms with Gasteiger partial charge in [0.1, 0.15) is 5.82 Å². The molecule has 0 radical (unpaired) electrons. The lowest BCUT2D eigenvalue weighted by Crippen LogP contribution is -2.43. The van der Waals surface area contributed by atoms with Gasteiger partial charge in [0.15, 0.2) is 10.8 Å². The number of aryl methyl sites for hydroxylation is 2. The van der Waals surface area contributed by atoms with Crippen molar-refractivity contribution in [2.75, 3.05) is 22.5 Å². The first-order valence-electron chi connectivity index (χ1n) is 10.4. The molecule has 0 aliphatic heterocycles. The molecule has 0 aliphatic rings. The zero-order valence-corrected chi connectivity index (χ0v) is 19.4. The Morgan fingerprint density at radius 3 is 2.63 bits per heavy atom. The molecule has 0 amide bonds. The SMILES string of the molecule is CCCCn1c(N)c(N(CCC(C)C)C(=S)Nc2cc(C)ccc2C)c(=O)[nH]c1=O. The lowest BCUT2D eigenvalue weighted by atomic mass is 10.1. The van der Waals surface area contributed by atoms with E-state index in [1.807, 2.05) is 39.0 Å². The summed E-state index contributed by atoms with van der Waals surface area (Å²) in [5.74, 6) is 0.549. The van der Waals surface area contributed by atoms with Crippen molar-refractivity contribution in [2.24, 2.45) is 5.92 Å². The van der Waals surface area contributed by atoms with E-state index in [2.05, 4.69) is 24.1 Å². The van der Waals surface area contributed by atoms with Crippen LogP contribution in [0.15, 0.2) is 27.8 Å². The number of nitrogens with two attached hydrogens (primary N) is 1. The summed E-state index contributed by atoms with van der Waals surface area (Å²) >= 11 is 5.70. The summed E-state index contributed by atoms with van der Waals surface area (Å²) in [5.41, 5.74) is 8.55. The number of rotatable bonds is 8. The fourth-order valence-corrected chi connectivity index (χ4v) is 3.42.